The summed E-state index contributed by atoms with van der Waals surface area (Å²) in [7, 11) is 3.27. The summed E-state index contributed by atoms with van der Waals surface area (Å²) in [5.74, 6) is 3.03. The van der Waals surface area contributed by atoms with Crippen molar-refractivity contribution in [3.05, 3.63) is 100.0 Å². The van der Waals surface area contributed by atoms with Crippen molar-refractivity contribution in [2.75, 3.05) is 14.2 Å². The van der Waals surface area contributed by atoms with Crippen LogP contribution in [-0.4, -0.2) is 44.3 Å². The van der Waals surface area contributed by atoms with E-state index in [4.69, 9.17) is 13.9 Å². The number of hydrogen-bond donors (Lipinski definition) is 1. The summed E-state index contributed by atoms with van der Waals surface area (Å²) >= 11 is 0. The van der Waals surface area contributed by atoms with Crippen LogP contribution in [0.5, 0.6) is 11.5 Å². The summed E-state index contributed by atoms with van der Waals surface area (Å²) in [4.78, 5) is 18.3. The fourth-order valence-electron chi connectivity index (χ4n) is 4.64. The number of furan rings is 1. The van der Waals surface area contributed by atoms with Crippen molar-refractivity contribution in [3.8, 4) is 11.5 Å². The van der Waals surface area contributed by atoms with E-state index in [0.717, 1.165) is 40.1 Å². The van der Waals surface area contributed by atoms with E-state index >= 15 is 0 Å². The summed E-state index contributed by atoms with van der Waals surface area (Å²) in [5, 5.41) is 13.6. The molecule has 0 amide bonds. The van der Waals surface area contributed by atoms with Gasteiger partial charge in [0.1, 0.15) is 17.3 Å². The average molecular weight is 515 g/mol. The van der Waals surface area contributed by atoms with Crippen molar-refractivity contribution in [1.29, 1.82) is 0 Å². The predicted octanol–water partition coefficient (Wildman–Crippen LogP) is 4.33. The molecule has 1 unspecified atom stereocenters. The van der Waals surface area contributed by atoms with Gasteiger partial charge in [-0.2, -0.15) is 0 Å². The molecule has 3 heterocycles. The number of methoxy groups -OCH3 is 2. The summed E-state index contributed by atoms with van der Waals surface area (Å²) in [5.41, 5.74) is 2.30. The molecular weight excluding hydrogens is 484 g/mol. The number of H-pyrrole nitrogens is 1. The molecule has 5 rings (SSSR count). The minimum atomic E-state index is -0.172. The molecule has 0 aliphatic carbocycles. The van der Waals surface area contributed by atoms with Crippen molar-refractivity contribution in [2.45, 2.75) is 39.0 Å². The van der Waals surface area contributed by atoms with Crippen LogP contribution in [0.25, 0.3) is 10.9 Å². The highest BCUT2D eigenvalue weighted by Crippen LogP contribution is 2.27. The Morgan fingerprint density at radius 2 is 1.82 bits per heavy atom. The van der Waals surface area contributed by atoms with E-state index in [0.29, 0.717) is 31.0 Å². The molecule has 1 atom stereocenters. The van der Waals surface area contributed by atoms with Gasteiger partial charge in [-0.15, -0.1) is 5.10 Å². The number of ether oxygens (including phenoxy) is 2. The highest BCUT2D eigenvalue weighted by molar-refractivity contribution is 5.80. The summed E-state index contributed by atoms with van der Waals surface area (Å²) in [6.07, 6.45) is 2.38. The predicted molar refractivity (Wildman–Crippen MR) is 142 cm³/mol. The molecule has 1 N–H and O–H groups in total. The van der Waals surface area contributed by atoms with E-state index in [9.17, 15) is 4.79 Å². The van der Waals surface area contributed by atoms with E-state index in [1.54, 1.807) is 25.2 Å². The second kappa shape index (κ2) is 11.3. The maximum Gasteiger partial charge on any atom is 0.252 e. The van der Waals surface area contributed by atoms with Crippen LogP contribution in [0.4, 0.5) is 0 Å². The van der Waals surface area contributed by atoms with Gasteiger partial charge in [-0.05, 0) is 70.9 Å². The molecule has 2 aromatic carbocycles. The first-order valence-corrected chi connectivity index (χ1v) is 12.4. The van der Waals surface area contributed by atoms with Gasteiger partial charge in [-0.25, -0.2) is 4.68 Å². The van der Waals surface area contributed by atoms with Crippen LogP contribution in [0.15, 0.2) is 76.1 Å². The topological polar surface area (TPSA) is 111 Å². The first kappa shape index (κ1) is 25.2. The van der Waals surface area contributed by atoms with E-state index in [1.165, 1.54) is 0 Å². The molecular formula is C28H30N6O4. The lowest BCUT2D eigenvalue weighted by molar-refractivity contribution is 0.149. The lowest BCUT2D eigenvalue weighted by Gasteiger charge is -2.29. The van der Waals surface area contributed by atoms with Crippen LogP contribution in [0.2, 0.25) is 0 Å². The standard InChI is InChI=1S/C28H30N6O4/c1-4-26(27-30-31-32-34(27)16-19-7-9-22(36-2)10-8-19)33(18-24-6-5-13-38-24)17-21-14-20-15-23(37-3)11-12-25(20)29-28(21)35/h5-15,26H,4,16-18H2,1-3H3,(H,29,35). The minimum Gasteiger partial charge on any atom is -0.497 e. The molecule has 0 aliphatic rings. The Morgan fingerprint density at radius 1 is 1.03 bits per heavy atom. The number of nitrogens with one attached hydrogen (secondary N) is 1. The zero-order chi connectivity index (χ0) is 26.5. The molecule has 0 bridgehead atoms. The molecule has 0 spiro atoms. The Hall–Kier alpha value is -4.44. The fraction of sp³-hybridized carbons (Fsp3) is 0.286. The van der Waals surface area contributed by atoms with Gasteiger partial charge in [0.05, 0.1) is 39.6 Å². The van der Waals surface area contributed by atoms with Crippen LogP contribution in [0.1, 0.15) is 42.1 Å². The van der Waals surface area contributed by atoms with Crippen molar-refractivity contribution >= 4 is 10.9 Å². The third-order valence-corrected chi connectivity index (χ3v) is 6.62. The van der Waals surface area contributed by atoms with Crippen molar-refractivity contribution in [2.24, 2.45) is 0 Å². The quantitative estimate of drug-likeness (QED) is 0.277. The molecule has 10 heteroatoms. The maximum atomic E-state index is 13.1. The summed E-state index contributed by atoms with van der Waals surface area (Å²) in [6.45, 7) is 3.45. The van der Waals surface area contributed by atoms with Gasteiger partial charge in [0.2, 0.25) is 0 Å². The Kier molecular flexibility index (Phi) is 7.50. The number of aromatic amines is 1. The lowest BCUT2D eigenvalue weighted by Crippen LogP contribution is -2.32. The van der Waals surface area contributed by atoms with Crippen molar-refractivity contribution in [3.63, 3.8) is 0 Å². The number of tetrazole rings is 1. The Labute approximate surface area is 219 Å². The fourth-order valence-corrected chi connectivity index (χ4v) is 4.64. The number of fused-ring (bicyclic) bond motifs is 1. The smallest absolute Gasteiger partial charge is 0.252 e. The zero-order valence-corrected chi connectivity index (χ0v) is 21.6. The van der Waals surface area contributed by atoms with Crippen LogP contribution < -0.4 is 15.0 Å². The molecule has 3 aromatic heterocycles. The molecule has 0 radical (unpaired) electrons. The van der Waals surface area contributed by atoms with Crippen LogP contribution in [-0.2, 0) is 19.6 Å². The molecule has 10 nitrogen and oxygen atoms in total. The molecule has 5 aromatic rings. The minimum absolute atomic E-state index is 0.139. The lowest BCUT2D eigenvalue weighted by atomic mass is 10.1. The molecule has 38 heavy (non-hydrogen) atoms. The first-order valence-electron chi connectivity index (χ1n) is 12.4. The van der Waals surface area contributed by atoms with Gasteiger partial charge in [-0.1, -0.05) is 19.1 Å². The normalized spacial score (nSPS) is 12.2. The van der Waals surface area contributed by atoms with Crippen LogP contribution >= 0.6 is 0 Å². The first-order chi connectivity index (χ1) is 18.6. The third-order valence-electron chi connectivity index (χ3n) is 6.62. The van der Waals surface area contributed by atoms with Crippen molar-refractivity contribution in [1.82, 2.24) is 30.1 Å². The number of hydrogen-bond acceptors (Lipinski definition) is 8. The van der Waals surface area contributed by atoms with Gasteiger partial charge >= 0.3 is 0 Å². The van der Waals surface area contributed by atoms with Gasteiger partial charge in [-0.3, -0.25) is 9.69 Å². The highest BCUT2D eigenvalue weighted by Gasteiger charge is 2.27. The Morgan fingerprint density at radius 3 is 2.53 bits per heavy atom. The second-order valence-corrected chi connectivity index (χ2v) is 9.03. The molecule has 0 aliphatic heterocycles. The highest BCUT2D eigenvalue weighted by atomic mass is 16.5. The van der Waals surface area contributed by atoms with Crippen LogP contribution in [0.3, 0.4) is 0 Å². The maximum absolute atomic E-state index is 13.1. The molecule has 0 saturated heterocycles. The third kappa shape index (κ3) is 5.45. The number of pyridine rings is 1. The number of benzene rings is 2. The van der Waals surface area contributed by atoms with E-state index in [-0.39, 0.29) is 11.6 Å². The number of aromatic nitrogens is 5. The van der Waals surface area contributed by atoms with Gasteiger partial charge in [0.25, 0.3) is 5.56 Å². The van der Waals surface area contributed by atoms with Gasteiger partial charge in [0.15, 0.2) is 5.82 Å². The number of nitrogens with zero attached hydrogens (tertiary/aromatic N) is 5. The van der Waals surface area contributed by atoms with Gasteiger partial charge in [0, 0.05) is 23.0 Å². The van der Waals surface area contributed by atoms with Gasteiger partial charge < -0.3 is 18.9 Å². The SMILES string of the molecule is CCC(c1nnnn1Cc1ccc(OC)cc1)N(Cc1ccco1)Cc1cc2cc(OC)ccc2[nH]c1=O. The molecule has 0 fully saturated rings. The van der Waals surface area contributed by atoms with Crippen molar-refractivity contribution < 1.29 is 13.9 Å². The Bertz CT molecular complexity index is 1540. The Balaban J connectivity index is 1.48. The second-order valence-electron chi connectivity index (χ2n) is 9.03. The average Bonchev–Trinajstić information content (AvgIpc) is 3.62. The largest absolute Gasteiger partial charge is 0.497 e. The van der Waals surface area contributed by atoms with Crippen LogP contribution in [0, 0.1) is 0 Å². The monoisotopic (exact) mass is 514 g/mol. The zero-order valence-electron chi connectivity index (χ0n) is 21.6. The van der Waals surface area contributed by atoms with E-state index < -0.39 is 0 Å². The van der Waals surface area contributed by atoms with E-state index in [2.05, 4.69) is 32.3 Å². The molecule has 196 valence electrons. The summed E-state index contributed by atoms with van der Waals surface area (Å²) < 4.78 is 18.1. The van der Waals surface area contributed by atoms with E-state index in [1.807, 2.05) is 60.7 Å². The molecule has 0 saturated carbocycles. The summed E-state index contributed by atoms with van der Waals surface area (Å²) in [6, 6.07) is 18.9. The number of rotatable bonds is 11.